The van der Waals surface area contributed by atoms with E-state index in [9.17, 15) is 14.0 Å². The number of hydrogen-bond donors (Lipinski definition) is 0. The fourth-order valence-corrected chi connectivity index (χ4v) is 3.43. The summed E-state index contributed by atoms with van der Waals surface area (Å²) in [5.41, 5.74) is 2.91. The molecule has 1 amide bonds. The number of methoxy groups -OCH3 is 1. The van der Waals surface area contributed by atoms with Crippen LogP contribution in [0.25, 0.3) is 4.48 Å². The Morgan fingerprint density at radius 1 is 1.27 bits per heavy atom. The van der Waals surface area contributed by atoms with Crippen molar-refractivity contribution >= 4 is 38.3 Å². The number of carbonyl (C=O) groups is 2. The Morgan fingerprint density at radius 3 is 2.69 bits per heavy atom. The van der Waals surface area contributed by atoms with Gasteiger partial charge >= 0.3 is 0 Å². The molecule has 4 nitrogen and oxygen atoms in total. The quantitative estimate of drug-likeness (QED) is 0.693. The van der Waals surface area contributed by atoms with Crippen LogP contribution in [0.1, 0.15) is 23.1 Å². The number of benzene rings is 2. The number of anilines is 1. The number of carbonyl (C=O) groups excluding carboxylic acids is 2. The number of aryl methyl sites for hydroxylation is 1. The number of halogens is 2. The van der Waals surface area contributed by atoms with Crippen LogP contribution >= 0.6 is 15.9 Å². The molecule has 0 bridgehead atoms. The van der Waals surface area contributed by atoms with E-state index in [0.717, 1.165) is 0 Å². The number of hydrogen-bond acceptors (Lipinski definition) is 3. The highest BCUT2D eigenvalue weighted by molar-refractivity contribution is 9.15. The Hall–Kier alpha value is -2.47. The number of fused-ring (bicyclic) bond motifs is 1. The van der Waals surface area contributed by atoms with Crippen molar-refractivity contribution in [2.75, 3.05) is 12.0 Å². The molecule has 1 aliphatic heterocycles. The first-order valence-electron chi connectivity index (χ1n) is 8.02. The molecule has 2 aromatic carbocycles. The second-order valence-corrected chi connectivity index (χ2v) is 6.87. The van der Waals surface area contributed by atoms with Crippen molar-refractivity contribution in [1.29, 1.82) is 0 Å². The maximum Gasteiger partial charge on any atom is 0.231 e. The Labute approximate surface area is 159 Å². The van der Waals surface area contributed by atoms with Crippen LogP contribution in [0.2, 0.25) is 0 Å². The molecule has 134 valence electrons. The fraction of sp³-hybridized carbons (Fsp3) is 0.200. The van der Waals surface area contributed by atoms with E-state index in [2.05, 4.69) is 15.9 Å². The van der Waals surface area contributed by atoms with Crippen LogP contribution in [-0.4, -0.2) is 19.3 Å². The van der Waals surface area contributed by atoms with Crippen molar-refractivity contribution in [1.82, 2.24) is 0 Å². The summed E-state index contributed by atoms with van der Waals surface area (Å²) in [7, 11) is 1.55. The lowest BCUT2D eigenvalue weighted by Gasteiger charge is -2.24. The average Bonchev–Trinajstić information content (AvgIpc) is 2.74. The first-order chi connectivity index (χ1) is 12.4. The molecule has 0 unspecified atom stereocenters. The van der Waals surface area contributed by atoms with Gasteiger partial charge in [0.05, 0.1) is 25.8 Å². The number of ether oxygens (including phenoxy) is 1. The van der Waals surface area contributed by atoms with Gasteiger partial charge in [-0.15, -0.1) is 0 Å². The van der Waals surface area contributed by atoms with Gasteiger partial charge in [0.15, 0.2) is 0 Å². The third kappa shape index (κ3) is 3.42. The van der Waals surface area contributed by atoms with Crippen LogP contribution in [0.15, 0.2) is 42.0 Å². The topological polar surface area (TPSA) is 46.6 Å². The van der Waals surface area contributed by atoms with Crippen LogP contribution in [0.5, 0.6) is 5.75 Å². The summed E-state index contributed by atoms with van der Waals surface area (Å²) >= 11 is 3.44. The second-order valence-electron chi connectivity index (χ2n) is 6.08. The van der Waals surface area contributed by atoms with Gasteiger partial charge in [0.1, 0.15) is 17.9 Å². The van der Waals surface area contributed by atoms with Crippen molar-refractivity contribution in [2.24, 2.45) is 0 Å². The van der Waals surface area contributed by atoms with Crippen LogP contribution < -0.4 is 9.64 Å². The van der Waals surface area contributed by atoms with Gasteiger partial charge in [0, 0.05) is 15.6 Å². The smallest absolute Gasteiger partial charge is 0.231 e. The highest BCUT2D eigenvalue weighted by Gasteiger charge is 2.27. The van der Waals surface area contributed by atoms with E-state index >= 15 is 0 Å². The van der Waals surface area contributed by atoms with E-state index in [1.165, 1.54) is 6.07 Å². The van der Waals surface area contributed by atoms with Crippen molar-refractivity contribution in [3.63, 3.8) is 0 Å². The van der Waals surface area contributed by atoms with Crippen molar-refractivity contribution in [3.05, 3.63) is 64.5 Å². The summed E-state index contributed by atoms with van der Waals surface area (Å²) in [5.74, 6) is 0.0724. The van der Waals surface area contributed by atoms with Gasteiger partial charge in [-0.3, -0.25) is 9.59 Å². The molecule has 0 aliphatic carbocycles. The van der Waals surface area contributed by atoms with Gasteiger partial charge in [-0.2, -0.15) is 0 Å². The Morgan fingerprint density at radius 2 is 2.04 bits per heavy atom. The van der Waals surface area contributed by atoms with Crippen LogP contribution in [0.4, 0.5) is 10.1 Å². The van der Waals surface area contributed by atoms with Gasteiger partial charge in [-0.1, -0.05) is 12.1 Å². The summed E-state index contributed by atoms with van der Waals surface area (Å²) in [4.78, 5) is 25.8. The zero-order chi connectivity index (χ0) is 18.8. The van der Waals surface area contributed by atoms with Gasteiger partial charge < -0.3 is 9.64 Å². The highest BCUT2D eigenvalue weighted by Crippen LogP contribution is 2.40. The molecular weight excluding hydrogens is 401 g/mol. The molecule has 1 aliphatic rings. The maximum atomic E-state index is 13.9. The summed E-state index contributed by atoms with van der Waals surface area (Å²) < 4.78 is 19.7. The summed E-state index contributed by atoms with van der Waals surface area (Å²) in [6.07, 6.45) is 0.649. The monoisotopic (exact) mass is 417 g/mol. The van der Waals surface area contributed by atoms with E-state index in [1.54, 1.807) is 49.3 Å². The zero-order valence-electron chi connectivity index (χ0n) is 14.4. The molecule has 3 rings (SSSR count). The van der Waals surface area contributed by atoms with Crippen molar-refractivity contribution in [2.45, 2.75) is 19.9 Å². The van der Waals surface area contributed by atoms with E-state index in [1.807, 2.05) is 0 Å². The lowest BCUT2D eigenvalue weighted by molar-refractivity contribution is -0.118. The van der Waals surface area contributed by atoms with E-state index < -0.39 is 0 Å². The molecule has 0 fully saturated rings. The molecule has 0 spiro atoms. The van der Waals surface area contributed by atoms with Crippen LogP contribution in [-0.2, 0) is 16.1 Å². The second kappa shape index (κ2) is 7.41. The van der Waals surface area contributed by atoms with Crippen LogP contribution in [0.3, 0.4) is 0 Å². The van der Waals surface area contributed by atoms with Gasteiger partial charge in [0.2, 0.25) is 5.91 Å². The van der Waals surface area contributed by atoms with Crippen molar-refractivity contribution in [3.8, 4) is 5.75 Å². The number of aldehydes is 1. The first kappa shape index (κ1) is 18.3. The molecule has 2 aromatic rings. The lowest BCUT2D eigenvalue weighted by Crippen LogP contribution is -2.30. The van der Waals surface area contributed by atoms with Crippen LogP contribution in [0, 0.1) is 12.7 Å². The van der Waals surface area contributed by atoms with Gasteiger partial charge in [0.25, 0.3) is 0 Å². The standard InChI is InChI=1S/C20H17BrFNO3/c1-12-3-4-13(7-17(12)22)10-23-18-6-5-15(26-2)9-16(18)20(21)14(11-24)8-19(23)25/h3-7,9,11H,8,10H2,1-2H3. The molecule has 0 saturated carbocycles. The third-order valence-corrected chi connectivity index (χ3v) is 5.31. The van der Waals surface area contributed by atoms with E-state index in [4.69, 9.17) is 4.74 Å². The molecule has 6 heteroatoms. The maximum absolute atomic E-state index is 13.9. The molecule has 0 N–H and O–H groups in total. The third-order valence-electron chi connectivity index (χ3n) is 4.37. The minimum absolute atomic E-state index is 0.0323. The minimum Gasteiger partial charge on any atom is -0.497 e. The molecule has 0 saturated heterocycles. The lowest BCUT2D eigenvalue weighted by atomic mass is 10.1. The molecule has 0 aromatic heterocycles. The van der Waals surface area contributed by atoms with Crippen molar-refractivity contribution < 1.29 is 18.7 Å². The Kier molecular flexibility index (Phi) is 5.23. The Bertz CT molecular complexity index is 923. The van der Waals surface area contributed by atoms with Gasteiger partial charge in [-0.05, 0) is 58.2 Å². The average molecular weight is 418 g/mol. The fourth-order valence-electron chi connectivity index (χ4n) is 2.88. The normalized spacial score (nSPS) is 14.2. The summed E-state index contributed by atoms with van der Waals surface area (Å²) in [5, 5.41) is 0. The molecule has 26 heavy (non-hydrogen) atoms. The highest BCUT2D eigenvalue weighted by atomic mass is 79.9. The molecule has 1 heterocycles. The largest absolute Gasteiger partial charge is 0.497 e. The summed E-state index contributed by atoms with van der Waals surface area (Å²) in [6.45, 7) is 1.90. The molecule has 0 radical (unpaired) electrons. The Balaban J connectivity index is 2.09. The predicted octanol–water partition coefficient (Wildman–Crippen LogP) is 4.38. The predicted molar refractivity (Wildman–Crippen MR) is 102 cm³/mol. The number of nitrogens with zero attached hydrogens (tertiary/aromatic N) is 1. The molecular formula is C20H17BrFNO3. The molecule has 0 atom stereocenters. The first-order valence-corrected chi connectivity index (χ1v) is 8.81. The minimum atomic E-state index is -0.312. The number of amides is 1. The van der Waals surface area contributed by atoms with E-state index in [0.29, 0.717) is 44.5 Å². The summed E-state index contributed by atoms with van der Waals surface area (Å²) in [6, 6.07) is 10.2. The number of rotatable bonds is 4. The SMILES string of the molecule is COc1ccc2c(c1)C(Br)=C(C=O)CC(=O)N2Cc1ccc(C)c(F)c1. The zero-order valence-corrected chi connectivity index (χ0v) is 16.0. The van der Waals surface area contributed by atoms with E-state index in [-0.39, 0.29) is 24.7 Å². The van der Waals surface area contributed by atoms with Gasteiger partial charge in [-0.25, -0.2) is 4.39 Å².